The van der Waals surface area contributed by atoms with Crippen molar-refractivity contribution in [2.45, 2.75) is 12.1 Å². The van der Waals surface area contributed by atoms with E-state index in [-0.39, 0.29) is 24.1 Å². The van der Waals surface area contributed by atoms with E-state index in [9.17, 15) is 13.2 Å². The van der Waals surface area contributed by atoms with Gasteiger partial charge >= 0.3 is 5.51 Å². The van der Waals surface area contributed by atoms with Crippen LogP contribution in [-0.2, 0) is 11.3 Å². The molecule has 0 aliphatic carbocycles. The van der Waals surface area contributed by atoms with E-state index < -0.39 is 5.51 Å². The van der Waals surface area contributed by atoms with Crippen molar-refractivity contribution in [2.24, 2.45) is 0 Å². The number of hydrogen-bond donors (Lipinski definition) is 1. The molecule has 0 atom stereocenters. The Morgan fingerprint density at radius 3 is 2.75 bits per heavy atom. The van der Waals surface area contributed by atoms with E-state index in [1.807, 2.05) is 18.2 Å². The van der Waals surface area contributed by atoms with Gasteiger partial charge in [-0.1, -0.05) is 12.1 Å². The van der Waals surface area contributed by atoms with Crippen LogP contribution in [0.15, 0.2) is 24.3 Å². The van der Waals surface area contributed by atoms with E-state index in [4.69, 9.17) is 9.47 Å². The molecular formula is C13H18F3NO2S. The number of rotatable bonds is 9. The summed E-state index contributed by atoms with van der Waals surface area (Å²) in [4.78, 5) is 0. The van der Waals surface area contributed by atoms with Gasteiger partial charge in [0.25, 0.3) is 0 Å². The van der Waals surface area contributed by atoms with Crippen LogP contribution in [0, 0.1) is 0 Å². The smallest absolute Gasteiger partial charge is 0.441 e. The summed E-state index contributed by atoms with van der Waals surface area (Å²) < 4.78 is 46.0. The molecular weight excluding hydrogens is 291 g/mol. The zero-order valence-corrected chi connectivity index (χ0v) is 12.0. The number of halogens is 3. The fraction of sp³-hybridized carbons (Fsp3) is 0.538. The van der Waals surface area contributed by atoms with Gasteiger partial charge in [-0.15, -0.1) is 0 Å². The molecule has 1 aromatic carbocycles. The minimum atomic E-state index is -4.20. The molecule has 1 N–H and O–H groups in total. The lowest BCUT2D eigenvalue weighted by Gasteiger charge is -2.09. The van der Waals surface area contributed by atoms with Gasteiger partial charge in [0.1, 0.15) is 5.75 Å². The second-order valence-electron chi connectivity index (χ2n) is 3.96. The van der Waals surface area contributed by atoms with Crippen molar-refractivity contribution in [2.75, 3.05) is 32.6 Å². The van der Waals surface area contributed by atoms with Crippen LogP contribution in [-0.4, -0.2) is 38.1 Å². The van der Waals surface area contributed by atoms with Crippen molar-refractivity contribution in [3.8, 4) is 5.75 Å². The minimum absolute atomic E-state index is 0.0325. The zero-order chi connectivity index (χ0) is 14.8. The maximum atomic E-state index is 11.9. The Morgan fingerprint density at radius 1 is 1.25 bits per heavy atom. The van der Waals surface area contributed by atoms with Crippen LogP contribution in [0.25, 0.3) is 0 Å². The molecule has 0 saturated heterocycles. The first kappa shape index (κ1) is 17.1. The molecule has 114 valence electrons. The van der Waals surface area contributed by atoms with E-state index in [0.717, 1.165) is 12.1 Å². The third-order valence-corrected chi connectivity index (χ3v) is 3.03. The number of thioether (sulfide) groups is 1. The minimum Gasteiger partial charge on any atom is -0.493 e. The summed E-state index contributed by atoms with van der Waals surface area (Å²) in [5.74, 6) is 0.471. The van der Waals surface area contributed by atoms with Crippen LogP contribution < -0.4 is 10.1 Å². The van der Waals surface area contributed by atoms with Crippen LogP contribution in [0.3, 0.4) is 0 Å². The highest BCUT2D eigenvalue weighted by molar-refractivity contribution is 8.00. The van der Waals surface area contributed by atoms with Crippen molar-refractivity contribution in [3.63, 3.8) is 0 Å². The second kappa shape index (κ2) is 9.10. The van der Waals surface area contributed by atoms with Crippen LogP contribution in [0.1, 0.15) is 5.56 Å². The highest BCUT2D eigenvalue weighted by Crippen LogP contribution is 2.29. The number of benzene rings is 1. The van der Waals surface area contributed by atoms with Gasteiger partial charge in [0.05, 0.1) is 13.2 Å². The molecule has 0 amide bonds. The number of hydrogen-bond acceptors (Lipinski definition) is 4. The largest absolute Gasteiger partial charge is 0.493 e. The molecule has 0 aliphatic heterocycles. The summed E-state index contributed by atoms with van der Waals surface area (Å²) in [5, 5.41) is 3.18. The van der Waals surface area contributed by atoms with E-state index in [2.05, 4.69) is 5.32 Å². The summed E-state index contributed by atoms with van der Waals surface area (Å²) in [6.07, 6.45) is 0. The summed E-state index contributed by atoms with van der Waals surface area (Å²) in [6, 6.07) is 7.30. The van der Waals surface area contributed by atoms with Gasteiger partial charge in [-0.3, -0.25) is 0 Å². The van der Waals surface area contributed by atoms with Gasteiger partial charge in [0.2, 0.25) is 0 Å². The number of nitrogens with one attached hydrogen (secondary N) is 1. The van der Waals surface area contributed by atoms with Gasteiger partial charge < -0.3 is 14.8 Å². The molecule has 0 heterocycles. The molecule has 0 saturated carbocycles. The molecule has 0 bridgehead atoms. The lowest BCUT2D eigenvalue weighted by molar-refractivity contribution is -0.0329. The van der Waals surface area contributed by atoms with Gasteiger partial charge in [-0.05, 0) is 29.5 Å². The van der Waals surface area contributed by atoms with Crippen molar-refractivity contribution < 1.29 is 22.6 Å². The Hall–Kier alpha value is -0.920. The number of methoxy groups -OCH3 is 1. The zero-order valence-electron chi connectivity index (χ0n) is 11.2. The highest BCUT2D eigenvalue weighted by atomic mass is 32.2. The Balaban J connectivity index is 2.28. The maximum absolute atomic E-state index is 11.9. The first-order valence-corrected chi connectivity index (χ1v) is 7.12. The van der Waals surface area contributed by atoms with Gasteiger partial charge in [-0.25, -0.2) is 0 Å². The third-order valence-electron chi connectivity index (χ3n) is 2.33. The number of alkyl halides is 3. The second-order valence-corrected chi connectivity index (χ2v) is 5.12. The Labute approximate surface area is 120 Å². The Morgan fingerprint density at radius 2 is 2.05 bits per heavy atom. The fourth-order valence-corrected chi connectivity index (χ4v) is 1.87. The Bertz CT molecular complexity index is 388. The van der Waals surface area contributed by atoms with E-state index in [1.54, 1.807) is 13.2 Å². The lowest BCUT2D eigenvalue weighted by Crippen LogP contribution is -2.18. The molecule has 7 heteroatoms. The van der Waals surface area contributed by atoms with Crippen LogP contribution in [0.5, 0.6) is 5.75 Å². The quantitative estimate of drug-likeness (QED) is 0.710. The topological polar surface area (TPSA) is 30.5 Å². The normalized spacial score (nSPS) is 11.6. The average molecular weight is 309 g/mol. The molecule has 0 aliphatic rings. The summed E-state index contributed by atoms with van der Waals surface area (Å²) in [6.45, 7) is 2.07. The first-order chi connectivity index (χ1) is 9.51. The third kappa shape index (κ3) is 8.29. The molecule has 1 aromatic rings. The van der Waals surface area contributed by atoms with Crippen LogP contribution in [0.2, 0.25) is 0 Å². The van der Waals surface area contributed by atoms with Gasteiger partial charge in [0.15, 0.2) is 0 Å². The molecule has 0 unspecified atom stereocenters. The Kier molecular flexibility index (Phi) is 7.79. The maximum Gasteiger partial charge on any atom is 0.441 e. The molecule has 0 fully saturated rings. The van der Waals surface area contributed by atoms with E-state index in [0.29, 0.717) is 18.9 Å². The SMILES string of the molecule is COCCNCc1cccc(OCCSC(F)(F)F)c1. The fourth-order valence-electron chi connectivity index (χ4n) is 1.47. The predicted octanol–water partition coefficient (Wildman–Crippen LogP) is 3.05. The summed E-state index contributed by atoms with van der Waals surface area (Å²) in [7, 11) is 1.63. The molecule has 0 radical (unpaired) electrons. The van der Waals surface area contributed by atoms with Crippen molar-refractivity contribution >= 4 is 11.8 Å². The standard InChI is InChI=1S/C13H18F3NO2S/c1-18-6-5-17-10-11-3-2-4-12(9-11)19-7-8-20-13(14,15)16/h2-4,9,17H,5-8,10H2,1H3. The molecule has 3 nitrogen and oxygen atoms in total. The van der Waals surface area contributed by atoms with E-state index >= 15 is 0 Å². The van der Waals surface area contributed by atoms with Crippen LogP contribution in [0.4, 0.5) is 13.2 Å². The van der Waals surface area contributed by atoms with Crippen LogP contribution >= 0.6 is 11.8 Å². The summed E-state index contributed by atoms with van der Waals surface area (Å²) >= 11 is -0.0749. The molecule has 1 rings (SSSR count). The lowest BCUT2D eigenvalue weighted by atomic mass is 10.2. The molecule has 0 spiro atoms. The number of ether oxygens (including phenoxy) is 2. The average Bonchev–Trinajstić information content (AvgIpc) is 2.39. The van der Waals surface area contributed by atoms with Gasteiger partial charge in [0, 0.05) is 26.0 Å². The summed E-state index contributed by atoms with van der Waals surface area (Å²) in [5.41, 5.74) is -3.18. The molecule has 0 aromatic heterocycles. The van der Waals surface area contributed by atoms with E-state index in [1.165, 1.54) is 0 Å². The van der Waals surface area contributed by atoms with Gasteiger partial charge in [-0.2, -0.15) is 13.2 Å². The predicted molar refractivity (Wildman–Crippen MR) is 74.0 cm³/mol. The van der Waals surface area contributed by atoms with Crippen molar-refractivity contribution in [1.29, 1.82) is 0 Å². The van der Waals surface area contributed by atoms with Crippen molar-refractivity contribution in [1.82, 2.24) is 5.32 Å². The van der Waals surface area contributed by atoms with Crippen molar-refractivity contribution in [3.05, 3.63) is 29.8 Å². The molecule has 20 heavy (non-hydrogen) atoms. The monoisotopic (exact) mass is 309 g/mol. The first-order valence-electron chi connectivity index (χ1n) is 6.13. The highest BCUT2D eigenvalue weighted by Gasteiger charge is 2.27.